The molecule has 1 aromatic rings. The molecule has 0 spiro atoms. The average Bonchev–Trinajstić information content (AvgIpc) is 2.38. The number of pyridine rings is 1. The minimum Gasteiger partial charge on any atom is -0.381 e. The van der Waals surface area contributed by atoms with Crippen molar-refractivity contribution >= 4 is 27.8 Å². The molecule has 18 heavy (non-hydrogen) atoms. The molecule has 1 aliphatic heterocycles. The zero-order valence-corrected chi connectivity index (χ0v) is 11.4. The highest BCUT2D eigenvalue weighted by molar-refractivity contribution is 9.10. The molecular formula is C12H14BrN3O2. The zero-order valence-electron chi connectivity index (χ0n) is 9.78. The van der Waals surface area contributed by atoms with E-state index < -0.39 is 0 Å². The first-order chi connectivity index (χ1) is 8.74. The number of halogens is 1. The fraction of sp³-hybridized carbons (Fsp3) is 0.333. The van der Waals surface area contributed by atoms with Gasteiger partial charge >= 0.3 is 6.03 Å². The summed E-state index contributed by atoms with van der Waals surface area (Å²) >= 11 is 3.32. The third kappa shape index (κ3) is 4.12. The van der Waals surface area contributed by atoms with Crippen LogP contribution in [0.1, 0.15) is 12.8 Å². The van der Waals surface area contributed by atoms with Gasteiger partial charge in [-0.3, -0.25) is 5.32 Å². The maximum Gasteiger partial charge on any atom is 0.324 e. The number of urea groups is 1. The fourth-order valence-corrected chi connectivity index (χ4v) is 1.91. The summed E-state index contributed by atoms with van der Waals surface area (Å²) in [5.41, 5.74) is 1.19. The molecule has 96 valence electrons. The summed E-state index contributed by atoms with van der Waals surface area (Å²) in [6.07, 6.45) is 5.11. The summed E-state index contributed by atoms with van der Waals surface area (Å²) in [4.78, 5) is 15.6. The van der Waals surface area contributed by atoms with E-state index in [1.54, 1.807) is 24.5 Å². The summed E-state index contributed by atoms with van der Waals surface area (Å²) in [7, 11) is 0. The molecule has 1 aliphatic rings. The molecule has 1 saturated heterocycles. The van der Waals surface area contributed by atoms with Crippen molar-refractivity contribution in [3.8, 4) is 0 Å². The number of hydrogen-bond donors (Lipinski definition) is 2. The second-order valence-electron chi connectivity index (χ2n) is 3.87. The van der Waals surface area contributed by atoms with Crippen LogP contribution < -0.4 is 10.6 Å². The molecule has 2 heterocycles. The molecule has 0 atom stereocenters. The van der Waals surface area contributed by atoms with Crippen LogP contribution in [0.2, 0.25) is 0 Å². The highest BCUT2D eigenvalue weighted by Crippen LogP contribution is 2.13. The van der Waals surface area contributed by atoms with Gasteiger partial charge in [-0.05, 0) is 30.5 Å². The summed E-state index contributed by atoms with van der Waals surface area (Å²) in [6.45, 7) is 1.45. The number of carbonyl (C=O) groups is 1. The van der Waals surface area contributed by atoms with E-state index in [-0.39, 0.29) is 6.03 Å². The Kier molecular flexibility index (Phi) is 4.72. The Morgan fingerprint density at radius 1 is 1.44 bits per heavy atom. The van der Waals surface area contributed by atoms with Crippen LogP contribution >= 0.6 is 15.9 Å². The van der Waals surface area contributed by atoms with Gasteiger partial charge in [0.25, 0.3) is 0 Å². The Morgan fingerprint density at radius 3 is 2.94 bits per heavy atom. The van der Waals surface area contributed by atoms with E-state index in [2.05, 4.69) is 31.5 Å². The first kappa shape index (κ1) is 13.0. The molecule has 0 unspecified atom stereocenters. The summed E-state index contributed by atoms with van der Waals surface area (Å²) < 4.78 is 6.10. The van der Waals surface area contributed by atoms with Crippen molar-refractivity contribution in [2.45, 2.75) is 12.8 Å². The van der Waals surface area contributed by atoms with Crippen molar-refractivity contribution in [3.63, 3.8) is 0 Å². The Labute approximate surface area is 114 Å². The summed E-state index contributed by atoms with van der Waals surface area (Å²) in [6, 6.07) is 3.24. The summed E-state index contributed by atoms with van der Waals surface area (Å²) in [5.74, 6) is 0.507. The van der Waals surface area contributed by atoms with Crippen molar-refractivity contribution in [2.24, 2.45) is 0 Å². The van der Waals surface area contributed by atoms with Crippen LogP contribution in [0.5, 0.6) is 0 Å². The second-order valence-corrected chi connectivity index (χ2v) is 4.79. The number of rotatable bonds is 2. The summed E-state index contributed by atoms with van der Waals surface area (Å²) in [5, 5.41) is 5.35. The lowest BCUT2D eigenvalue weighted by Crippen LogP contribution is -2.25. The third-order valence-corrected chi connectivity index (χ3v) is 3.00. The molecule has 0 bridgehead atoms. The molecule has 2 rings (SSSR count). The van der Waals surface area contributed by atoms with Crippen LogP contribution in [0.25, 0.3) is 0 Å². The molecule has 1 aromatic heterocycles. The van der Waals surface area contributed by atoms with Crippen LogP contribution in [-0.4, -0.2) is 24.2 Å². The molecule has 0 saturated carbocycles. The lowest BCUT2D eigenvalue weighted by Gasteiger charge is -2.14. The van der Waals surface area contributed by atoms with E-state index in [0.717, 1.165) is 30.5 Å². The minimum absolute atomic E-state index is 0.292. The average molecular weight is 312 g/mol. The number of amides is 2. The van der Waals surface area contributed by atoms with Crippen LogP contribution in [0.3, 0.4) is 0 Å². The van der Waals surface area contributed by atoms with Crippen molar-refractivity contribution in [2.75, 3.05) is 18.5 Å². The van der Waals surface area contributed by atoms with Gasteiger partial charge in [0.05, 0.1) is 13.2 Å². The van der Waals surface area contributed by atoms with Gasteiger partial charge in [0.2, 0.25) is 0 Å². The van der Waals surface area contributed by atoms with Crippen LogP contribution in [-0.2, 0) is 4.74 Å². The number of ether oxygens (including phenoxy) is 1. The lowest BCUT2D eigenvalue weighted by atomic mass is 10.1. The molecule has 2 N–H and O–H groups in total. The third-order valence-electron chi connectivity index (χ3n) is 2.51. The molecule has 5 nitrogen and oxygen atoms in total. The SMILES string of the molecule is O=C(NC=C1CCOCC1)Nc1cc(Br)ccn1. The number of aromatic nitrogens is 1. The Morgan fingerprint density at radius 2 is 2.22 bits per heavy atom. The van der Waals surface area contributed by atoms with Gasteiger partial charge in [0.15, 0.2) is 0 Å². The predicted octanol–water partition coefficient (Wildman–Crippen LogP) is 2.66. The van der Waals surface area contributed by atoms with E-state index >= 15 is 0 Å². The van der Waals surface area contributed by atoms with Gasteiger partial charge in [-0.2, -0.15) is 0 Å². The maximum atomic E-state index is 11.6. The number of nitrogens with one attached hydrogen (secondary N) is 2. The molecule has 2 amide bonds. The first-order valence-corrected chi connectivity index (χ1v) is 6.48. The number of carbonyl (C=O) groups excluding carboxylic acids is 1. The number of anilines is 1. The van der Waals surface area contributed by atoms with Crippen molar-refractivity contribution < 1.29 is 9.53 Å². The van der Waals surface area contributed by atoms with Crippen molar-refractivity contribution in [1.82, 2.24) is 10.3 Å². The van der Waals surface area contributed by atoms with Gasteiger partial charge in [0.1, 0.15) is 5.82 Å². The Hall–Kier alpha value is -1.40. The first-order valence-electron chi connectivity index (χ1n) is 5.69. The standard InChI is InChI=1S/C12H14BrN3O2/c13-10-1-4-14-11(7-10)16-12(17)15-8-9-2-5-18-6-3-9/h1,4,7-8H,2-3,5-6H2,(H2,14,15,16,17). The van der Waals surface area contributed by atoms with Gasteiger partial charge in [0, 0.05) is 16.9 Å². The Bertz CT molecular complexity index is 454. The molecule has 1 fully saturated rings. The number of hydrogen-bond acceptors (Lipinski definition) is 3. The van der Waals surface area contributed by atoms with E-state index in [4.69, 9.17) is 4.74 Å². The molecule has 6 heteroatoms. The van der Waals surface area contributed by atoms with Gasteiger partial charge < -0.3 is 10.1 Å². The van der Waals surface area contributed by atoms with Gasteiger partial charge in [-0.1, -0.05) is 15.9 Å². The molecule has 0 radical (unpaired) electrons. The fourth-order valence-electron chi connectivity index (χ4n) is 1.57. The predicted molar refractivity (Wildman–Crippen MR) is 72.2 cm³/mol. The smallest absolute Gasteiger partial charge is 0.324 e. The molecule has 0 aromatic carbocycles. The van der Waals surface area contributed by atoms with E-state index in [1.807, 2.05) is 0 Å². The van der Waals surface area contributed by atoms with Crippen LogP contribution in [0.4, 0.5) is 10.6 Å². The zero-order chi connectivity index (χ0) is 12.8. The second kappa shape index (κ2) is 6.51. The quantitative estimate of drug-likeness (QED) is 0.882. The molecular weight excluding hydrogens is 298 g/mol. The van der Waals surface area contributed by atoms with E-state index in [1.165, 1.54) is 5.57 Å². The molecule has 0 aliphatic carbocycles. The Balaban J connectivity index is 1.85. The lowest BCUT2D eigenvalue weighted by molar-refractivity contribution is 0.119. The van der Waals surface area contributed by atoms with Crippen molar-refractivity contribution in [1.29, 1.82) is 0 Å². The van der Waals surface area contributed by atoms with Gasteiger partial charge in [-0.15, -0.1) is 0 Å². The van der Waals surface area contributed by atoms with Gasteiger partial charge in [-0.25, -0.2) is 9.78 Å². The van der Waals surface area contributed by atoms with Crippen LogP contribution in [0, 0.1) is 0 Å². The van der Waals surface area contributed by atoms with Crippen molar-refractivity contribution in [3.05, 3.63) is 34.6 Å². The minimum atomic E-state index is -0.292. The normalized spacial score (nSPS) is 15.1. The largest absolute Gasteiger partial charge is 0.381 e. The van der Waals surface area contributed by atoms with E-state index in [0.29, 0.717) is 5.82 Å². The highest BCUT2D eigenvalue weighted by Gasteiger charge is 2.06. The van der Waals surface area contributed by atoms with Crippen LogP contribution in [0.15, 0.2) is 34.6 Å². The maximum absolute atomic E-state index is 11.6. The monoisotopic (exact) mass is 311 g/mol. The highest BCUT2D eigenvalue weighted by atomic mass is 79.9. The topological polar surface area (TPSA) is 63.2 Å². The van der Waals surface area contributed by atoms with E-state index in [9.17, 15) is 4.79 Å². The number of nitrogens with zero attached hydrogens (tertiary/aromatic N) is 1.